The largest absolute Gasteiger partial charge is 0.346 e. The van der Waals surface area contributed by atoms with Gasteiger partial charge in [-0.3, -0.25) is 4.79 Å². The number of amides is 1. The summed E-state index contributed by atoms with van der Waals surface area (Å²) in [7, 11) is 0. The molecule has 1 unspecified atom stereocenters. The SMILES string of the molecule is CC1(C)CC(C)(c2ccccc2F)NC1=O. The minimum Gasteiger partial charge on any atom is -0.346 e. The van der Waals surface area contributed by atoms with Crippen LogP contribution in [0.15, 0.2) is 24.3 Å². The summed E-state index contributed by atoms with van der Waals surface area (Å²) in [6.07, 6.45) is 0.611. The Morgan fingerprint density at radius 3 is 2.38 bits per heavy atom. The third kappa shape index (κ3) is 1.60. The van der Waals surface area contributed by atoms with Crippen LogP contribution in [0.5, 0.6) is 0 Å². The zero-order valence-electron chi connectivity index (χ0n) is 9.80. The third-order valence-electron chi connectivity index (χ3n) is 3.27. The lowest BCUT2D eigenvalue weighted by Crippen LogP contribution is -2.36. The summed E-state index contributed by atoms with van der Waals surface area (Å²) < 4.78 is 13.7. The van der Waals surface area contributed by atoms with Gasteiger partial charge in [0.1, 0.15) is 5.82 Å². The van der Waals surface area contributed by atoms with E-state index >= 15 is 0 Å². The molecule has 1 amide bonds. The summed E-state index contributed by atoms with van der Waals surface area (Å²) >= 11 is 0. The van der Waals surface area contributed by atoms with Crippen LogP contribution in [0.1, 0.15) is 32.8 Å². The molecule has 1 atom stereocenters. The van der Waals surface area contributed by atoms with Gasteiger partial charge in [0, 0.05) is 11.0 Å². The highest BCUT2D eigenvalue weighted by Gasteiger charge is 2.47. The molecule has 86 valence electrons. The molecule has 1 aromatic carbocycles. The van der Waals surface area contributed by atoms with Gasteiger partial charge >= 0.3 is 0 Å². The lowest BCUT2D eigenvalue weighted by Gasteiger charge is -2.26. The van der Waals surface area contributed by atoms with E-state index in [9.17, 15) is 9.18 Å². The Bertz CT molecular complexity index is 441. The normalized spacial score (nSPS) is 27.9. The van der Waals surface area contributed by atoms with E-state index in [1.54, 1.807) is 18.2 Å². The standard InChI is InChI=1S/C13H16FNO/c1-12(2)8-13(3,15-11(12)16)9-6-4-5-7-10(9)14/h4-7H,8H2,1-3H3,(H,15,16). The van der Waals surface area contributed by atoms with E-state index in [1.165, 1.54) is 6.07 Å². The van der Waals surface area contributed by atoms with Crippen molar-refractivity contribution in [2.45, 2.75) is 32.7 Å². The van der Waals surface area contributed by atoms with Gasteiger partial charge in [0.15, 0.2) is 0 Å². The Morgan fingerprint density at radius 1 is 1.25 bits per heavy atom. The molecule has 1 fully saturated rings. The molecule has 1 saturated heterocycles. The highest BCUT2D eigenvalue weighted by molar-refractivity contribution is 5.85. The zero-order chi connectivity index (χ0) is 12.0. The van der Waals surface area contributed by atoms with Crippen LogP contribution in [-0.2, 0) is 10.3 Å². The van der Waals surface area contributed by atoms with Gasteiger partial charge in [-0.2, -0.15) is 0 Å². The van der Waals surface area contributed by atoms with Crippen molar-refractivity contribution in [3.63, 3.8) is 0 Å². The maximum Gasteiger partial charge on any atom is 0.226 e. The second-order valence-electron chi connectivity index (χ2n) is 5.33. The number of hydrogen-bond donors (Lipinski definition) is 1. The number of carbonyl (C=O) groups excluding carboxylic acids is 1. The molecule has 2 rings (SSSR count). The Hall–Kier alpha value is -1.38. The van der Waals surface area contributed by atoms with Gasteiger partial charge in [0.25, 0.3) is 0 Å². The summed E-state index contributed by atoms with van der Waals surface area (Å²) in [5.41, 5.74) is -0.461. The number of halogens is 1. The molecule has 1 heterocycles. The summed E-state index contributed by atoms with van der Waals surface area (Å²) in [6.45, 7) is 5.64. The fourth-order valence-electron chi connectivity index (χ4n) is 2.50. The maximum atomic E-state index is 13.7. The van der Waals surface area contributed by atoms with E-state index < -0.39 is 11.0 Å². The molecule has 1 aromatic rings. The van der Waals surface area contributed by atoms with Gasteiger partial charge < -0.3 is 5.32 Å². The van der Waals surface area contributed by atoms with Crippen molar-refractivity contribution in [3.05, 3.63) is 35.6 Å². The van der Waals surface area contributed by atoms with Crippen LogP contribution in [0.2, 0.25) is 0 Å². The predicted molar refractivity (Wildman–Crippen MR) is 60.3 cm³/mol. The molecule has 3 heteroatoms. The van der Waals surface area contributed by atoms with Gasteiger partial charge in [0.2, 0.25) is 5.91 Å². The molecule has 0 aliphatic carbocycles. The lowest BCUT2D eigenvalue weighted by molar-refractivity contribution is -0.126. The van der Waals surface area contributed by atoms with Gasteiger partial charge in [-0.25, -0.2) is 4.39 Å². The molecule has 0 bridgehead atoms. The Kier molecular flexibility index (Phi) is 2.30. The van der Waals surface area contributed by atoms with Crippen molar-refractivity contribution in [3.8, 4) is 0 Å². The first kappa shape index (κ1) is 11.1. The Balaban J connectivity index is 2.43. The van der Waals surface area contributed by atoms with Gasteiger partial charge in [-0.05, 0) is 19.4 Å². The van der Waals surface area contributed by atoms with E-state index in [1.807, 2.05) is 20.8 Å². The molecule has 1 N–H and O–H groups in total. The van der Waals surface area contributed by atoms with E-state index in [0.29, 0.717) is 12.0 Å². The average Bonchev–Trinajstić information content (AvgIpc) is 2.37. The van der Waals surface area contributed by atoms with Crippen molar-refractivity contribution in [1.82, 2.24) is 5.32 Å². The quantitative estimate of drug-likeness (QED) is 0.776. The van der Waals surface area contributed by atoms with Crippen LogP contribution in [-0.4, -0.2) is 5.91 Å². The molecule has 0 saturated carbocycles. The topological polar surface area (TPSA) is 29.1 Å². The summed E-state index contributed by atoms with van der Waals surface area (Å²) in [5.74, 6) is -0.277. The minimum atomic E-state index is -0.591. The second-order valence-corrected chi connectivity index (χ2v) is 5.33. The van der Waals surface area contributed by atoms with E-state index in [2.05, 4.69) is 5.32 Å². The third-order valence-corrected chi connectivity index (χ3v) is 3.27. The fourth-order valence-corrected chi connectivity index (χ4v) is 2.50. The maximum absolute atomic E-state index is 13.7. The van der Waals surface area contributed by atoms with Crippen molar-refractivity contribution in [1.29, 1.82) is 0 Å². The van der Waals surface area contributed by atoms with E-state index in [-0.39, 0.29) is 11.7 Å². The van der Waals surface area contributed by atoms with Crippen LogP contribution >= 0.6 is 0 Å². The van der Waals surface area contributed by atoms with Gasteiger partial charge in [0.05, 0.1) is 5.54 Å². The van der Waals surface area contributed by atoms with Gasteiger partial charge in [-0.1, -0.05) is 32.0 Å². The van der Waals surface area contributed by atoms with Crippen molar-refractivity contribution < 1.29 is 9.18 Å². The molecule has 16 heavy (non-hydrogen) atoms. The average molecular weight is 221 g/mol. The molecule has 0 spiro atoms. The van der Waals surface area contributed by atoms with Crippen LogP contribution in [0.3, 0.4) is 0 Å². The molecular weight excluding hydrogens is 205 g/mol. The fraction of sp³-hybridized carbons (Fsp3) is 0.462. The number of benzene rings is 1. The molecule has 0 radical (unpaired) electrons. The smallest absolute Gasteiger partial charge is 0.226 e. The summed E-state index contributed by atoms with van der Waals surface area (Å²) in [5, 5.41) is 2.90. The molecule has 1 aliphatic heterocycles. The second kappa shape index (κ2) is 3.30. The number of hydrogen-bond acceptors (Lipinski definition) is 1. The number of rotatable bonds is 1. The number of nitrogens with one attached hydrogen (secondary N) is 1. The van der Waals surface area contributed by atoms with Crippen molar-refractivity contribution in [2.24, 2.45) is 5.41 Å². The monoisotopic (exact) mass is 221 g/mol. The highest BCUT2D eigenvalue weighted by atomic mass is 19.1. The molecule has 0 aromatic heterocycles. The predicted octanol–water partition coefficient (Wildman–Crippen LogP) is 2.59. The molecule has 1 aliphatic rings. The Morgan fingerprint density at radius 2 is 1.88 bits per heavy atom. The lowest BCUT2D eigenvalue weighted by atomic mass is 9.81. The van der Waals surface area contributed by atoms with Crippen molar-refractivity contribution >= 4 is 5.91 Å². The van der Waals surface area contributed by atoms with Crippen LogP contribution in [0, 0.1) is 11.2 Å². The summed E-state index contributed by atoms with van der Waals surface area (Å²) in [4.78, 5) is 11.8. The van der Waals surface area contributed by atoms with E-state index in [4.69, 9.17) is 0 Å². The first-order valence-corrected chi connectivity index (χ1v) is 5.43. The van der Waals surface area contributed by atoms with Crippen LogP contribution < -0.4 is 5.32 Å². The highest BCUT2D eigenvalue weighted by Crippen LogP contribution is 2.41. The first-order chi connectivity index (χ1) is 7.35. The Labute approximate surface area is 94.9 Å². The summed E-state index contributed by atoms with van der Waals surface area (Å²) in [6, 6.07) is 6.61. The number of carbonyl (C=O) groups is 1. The molecule has 2 nitrogen and oxygen atoms in total. The molecular formula is C13H16FNO. The van der Waals surface area contributed by atoms with Crippen LogP contribution in [0.4, 0.5) is 4.39 Å². The van der Waals surface area contributed by atoms with E-state index in [0.717, 1.165) is 0 Å². The van der Waals surface area contributed by atoms with Crippen molar-refractivity contribution in [2.75, 3.05) is 0 Å². The van der Waals surface area contributed by atoms with Crippen LogP contribution in [0.25, 0.3) is 0 Å². The zero-order valence-corrected chi connectivity index (χ0v) is 9.80. The minimum absolute atomic E-state index is 0.0155. The van der Waals surface area contributed by atoms with Gasteiger partial charge in [-0.15, -0.1) is 0 Å². The first-order valence-electron chi connectivity index (χ1n) is 5.43.